The van der Waals surface area contributed by atoms with Gasteiger partial charge in [0, 0.05) is 31.1 Å². The summed E-state index contributed by atoms with van der Waals surface area (Å²) in [7, 11) is 0. The standard InChI is InChI=1S/C11H14N4S/c1-8-6-9-10(13-7-14-11(9)16-8)15-4-2-12-3-5-15/h6-7,12H,2-5H2,1H3. The number of nitrogens with zero attached hydrogens (tertiary/aromatic N) is 3. The van der Waals surface area contributed by atoms with Gasteiger partial charge in [-0.2, -0.15) is 0 Å². The van der Waals surface area contributed by atoms with Crippen molar-refractivity contribution in [2.75, 3.05) is 31.1 Å². The quantitative estimate of drug-likeness (QED) is 0.810. The van der Waals surface area contributed by atoms with Gasteiger partial charge in [-0.25, -0.2) is 9.97 Å². The van der Waals surface area contributed by atoms with Gasteiger partial charge in [-0.1, -0.05) is 0 Å². The fourth-order valence-electron chi connectivity index (χ4n) is 2.09. The molecule has 16 heavy (non-hydrogen) atoms. The molecule has 1 saturated heterocycles. The zero-order valence-corrected chi connectivity index (χ0v) is 10.0. The first-order valence-corrected chi connectivity index (χ1v) is 6.33. The van der Waals surface area contributed by atoms with Crippen LogP contribution in [0.2, 0.25) is 0 Å². The van der Waals surface area contributed by atoms with Gasteiger partial charge >= 0.3 is 0 Å². The van der Waals surface area contributed by atoms with E-state index in [1.807, 2.05) is 0 Å². The number of nitrogens with one attached hydrogen (secondary N) is 1. The highest BCUT2D eigenvalue weighted by molar-refractivity contribution is 7.18. The Balaban J connectivity index is 2.07. The van der Waals surface area contributed by atoms with Gasteiger partial charge in [-0.05, 0) is 13.0 Å². The lowest BCUT2D eigenvalue weighted by atomic mass is 10.3. The van der Waals surface area contributed by atoms with Gasteiger partial charge < -0.3 is 10.2 Å². The Hall–Kier alpha value is -1.20. The minimum Gasteiger partial charge on any atom is -0.353 e. The summed E-state index contributed by atoms with van der Waals surface area (Å²) >= 11 is 1.74. The zero-order chi connectivity index (χ0) is 11.0. The minimum atomic E-state index is 1.03. The van der Waals surface area contributed by atoms with Crippen LogP contribution in [0.5, 0.6) is 0 Å². The molecule has 0 atom stereocenters. The summed E-state index contributed by atoms with van der Waals surface area (Å²) in [6.07, 6.45) is 1.68. The number of fused-ring (bicyclic) bond motifs is 1. The van der Waals surface area contributed by atoms with Crippen molar-refractivity contribution in [1.82, 2.24) is 15.3 Å². The molecule has 3 rings (SSSR count). The molecule has 2 aromatic rings. The number of anilines is 1. The SMILES string of the molecule is Cc1cc2c(N3CCNCC3)ncnc2s1. The number of hydrogen-bond acceptors (Lipinski definition) is 5. The van der Waals surface area contributed by atoms with E-state index in [9.17, 15) is 0 Å². The number of piperazine rings is 1. The minimum absolute atomic E-state index is 1.03. The third-order valence-electron chi connectivity index (χ3n) is 2.85. The van der Waals surface area contributed by atoms with Crippen LogP contribution in [0.15, 0.2) is 12.4 Å². The van der Waals surface area contributed by atoms with Gasteiger partial charge in [0.05, 0.1) is 5.39 Å². The molecular formula is C11H14N4S. The van der Waals surface area contributed by atoms with Crippen LogP contribution in [0, 0.1) is 6.92 Å². The topological polar surface area (TPSA) is 41.0 Å². The van der Waals surface area contributed by atoms with E-state index in [0.717, 1.165) is 36.8 Å². The first-order valence-electron chi connectivity index (χ1n) is 5.51. The highest BCUT2D eigenvalue weighted by Gasteiger charge is 2.15. The molecule has 3 heterocycles. The molecule has 5 heteroatoms. The molecule has 1 aliphatic heterocycles. The summed E-state index contributed by atoms with van der Waals surface area (Å²) < 4.78 is 0. The maximum Gasteiger partial charge on any atom is 0.140 e. The van der Waals surface area contributed by atoms with Crippen LogP contribution in [0.1, 0.15) is 4.88 Å². The molecular weight excluding hydrogens is 220 g/mol. The van der Waals surface area contributed by atoms with Crippen LogP contribution in [0.25, 0.3) is 10.2 Å². The van der Waals surface area contributed by atoms with Crippen LogP contribution in [0.3, 0.4) is 0 Å². The number of aromatic nitrogens is 2. The third kappa shape index (κ3) is 1.66. The van der Waals surface area contributed by atoms with Crippen LogP contribution in [0.4, 0.5) is 5.82 Å². The molecule has 4 nitrogen and oxygen atoms in total. The predicted octanol–water partition coefficient (Wildman–Crippen LogP) is 1.41. The Labute approximate surface area is 98.3 Å². The second kappa shape index (κ2) is 3.99. The second-order valence-electron chi connectivity index (χ2n) is 4.01. The molecule has 1 fully saturated rings. The smallest absolute Gasteiger partial charge is 0.140 e. The molecule has 0 aliphatic carbocycles. The fraction of sp³-hybridized carbons (Fsp3) is 0.455. The van der Waals surface area contributed by atoms with Crippen molar-refractivity contribution in [2.45, 2.75) is 6.92 Å². The summed E-state index contributed by atoms with van der Waals surface area (Å²) in [5.74, 6) is 1.09. The average Bonchev–Trinajstić information content (AvgIpc) is 2.70. The van der Waals surface area contributed by atoms with E-state index in [1.165, 1.54) is 10.3 Å². The highest BCUT2D eigenvalue weighted by atomic mass is 32.1. The molecule has 0 unspecified atom stereocenters. The number of thiophene rings is 1. The summed E-state index contributed by atoms with van der Waals surface area (Å²) in [6, 6.07) is 2.19. The first kappa shape index (κ1) is 9.99. The van der Waals surface area contributed by atoms with Crippen LogP contribution < -0.4 is 10.2 Å². The monoisotopic (exact) mass is 234 g/mol. The summed E-state index contributed by atoms with van der Waals surface area (Å²) in [4.78, 5) is 13.5. The summed E-state index contributed by atoms with van der Waals surface area (Å²) in [5.41, 5.74) is 0. The molecule has 0 radical (unpaired) electrons. The van der Waals surface area contributed by atoms with Crippen molar-refractivity contribution in [1.29, 1.82) is 0 Å². The molecule has 0 aromatic carbocycles. The Kier molecular flexibility index (Phi) is 2.49. The Bertz CT molecular complexity index is 502. The molecule has 84 valence electrons. The van der Waals surface area contributed by atoms with E-state index < -0.39 is 0 Å². The van der Waals surface area contributed by atoms with Gasteiger partial charge in [0.25, 0.3) is 0 Å². The van der Waals surface area contributed by atoms with Crippen LogP contribution >= 0.6 is 11.3 Å². The van der Waals surface area contributed by atoms with E-state index in [4.69, 9.17) is 0 Å². The summed E-state index contributed by atoms with van der Waals surface area (Å²) in [6.45, 7) is 6.25. The normalized spacial score (nSPS) is 16.9. The lowest BCUT2D eigenvalue weighted by molar-refractivity contribution is 0.586. The van der Waals surface area contributed by atoms with Gasteiger partial charge in [0.2, 0.25) is 0 Å². The maximum atomic E-state index is 4.44. The molecule has 0 bridgehead atoms. The molecule has 0 spiro atoms. The van der Waals surface area contributed by atoms with E-state index in [2.05, 4.69) is 33.2 Å². The average molecular weight is 234 g/mol. The Morgan fingerprint density at radius 2 is 2.12 bits per heavy atom. The van der Waals surface area contributed by atoms with E-state index >= 15 is 0 Å². The fourth-order valence-corrected chi connectivity index (χ4v) is 2.93. The lowest BCUT2D eigenvalue weighted by Crippen LogP contribution is -2.43. The van der Waals surface area contributed by atoms with E-state index in [1.54, 1.807) is 17.7 Å². The van der Waals surface area contributed by atoms with Crippen molar-refractivity contribution >= 4 is 27.4 Å². The predicted molar refractivity (Wildman–Crippen MR) is 67.2 cm³/mol. The Morgan fingerprint density at radius 1 is 1.31 bits per heavy atom. The molecule has 2 aromatic heterocycles. The molecule has 0 amide bonds. The van der Waals surface area contributed by atoms with Crippen LogP contribution in [-0.4, -0.2) is 36.1 Å². The third-order valence-corrected chi connectivity index (χ3v) is 3.81. The molecule has 0 saturated carbocycles. The van der Waals surface area contributed by atoms with Crippen LogP contribution in [-0.2, 0) is 0 Å². The van der Waals surface area contributed by atoms with Crippen molar-refractivity contribution in [3.8, 4) is 0 Å². The first-order chi connectivity index (χ1) is 7.84. The van der Waals surface area contributed by atoms with E-state index in [0.29, 0.717) is 0 Å². The lowest BCUT2D eigenvalue weighted by Gasteiger charge is -2.28. The maximum absolute atomic E-state index is 4.44. The van der Waals surface area contributed by atoms with Crippen molar-refractivity contribution in [3.05, 3.63) is 17.3 Å². The van der Waals surface area contributed by atoms with Gasteiger partial charge in [-0.15, -0.1) is 11.3 Å². The van der Waals surface area contributed by atoms with Gasteiger partial charge in [0.1, 0.15) is 17.0 Å². The van der Waals surface area contributed by atoms with Gasteiger partial charge in [0.15, 0.2) is 0 Å². The number of hydrogen-bond donors (Lipinski definition) is 1. The molecule has 1 N–H and O–H groups in total. The second-order valence-corrected chi connectivity index (χ2v) is 5.24. The number of aryl methyl sites for hydroxylation is 1. The highest BCUT2D eigenvalue weighted by Crippen LogP contribution is 2.29. The van der Waals surface area contributed by atoms with Gasteiger partial charge in [-0.3, -0.25) is 0 Å². The van der Waals surface area contributed by atoms with Crippen molar-refractivity contribution in [3.63, 3.8) is 0 Å². The zero-order valence-electron chi connectivity index (χ0n) is 9.23. The van der Waals surface area contributed by atoms with Crippen molar-refractivity contribution < 1.29 is 0 Å². The number of rotatable bonds is 1. The molecule has 1 aliphatic rings. The van der Waals surface area contributed by atoms with Crippen molar-refractivity contribution in [2.24, 2.45) is 0 Å². The summed E-state index contributed by atoms with van der Waals surface area (Å²) in [5, 5.41) is 4.56. The Morgan fingerprint density at radius 3 is 2.94 bits per heavy atom. The van der Waals surface area contributed by atoms with E-state index in [-0.39, 0.29) is 0 Å². The largest absolute Gasteiger partial charge is 0.353 e.